The Labute approximate surface area is 324 Å². The Bertz CT molecular complexity index is 2820. The minimum Gasteiger partial charge on any atom is -0.593 e. The Morgan fingerprint density at radius 2 is 1.21 bits per heavy atom. The number of nitrogens with zero attached hydrogens (tertiary/aromatic N) is 2. The van der Waals surface area contributed by atoms with Crippen LogP contribution in [0.25, 0.3) is 43.1 Å². The van der Waals surface area contributed by atoms with Gasteiger partial charge in [-0.1, -0.05) is 84.4 Å². The SMILES string of the molecule is COc1ccc(Cc2cccc(C(=O)Nc3ccc(N=Nc4ccc(C)cc4)cc3)c2)c(OC)c1.[OH2+]c1ccc2c3cccc4cccc(c5cccc1c52)c43. The molecule has 7 heteroatoms. The maximum absolute atomic E-state index is 12.9. The van der Waals surface area contributed by atoms with Crippen molar-refractivity contribution in [1.29, 1.82) is 0 Å². The van der Waals surface area contributed by atoms with Gasteiger partial charge in [-0.2, -0.15) is 10.2 Å². The molecule has 0 aliphatic heterocycles. The number of hydrogen-bond donors (Lipinski definition) is 1. The van der Waals surface area contributed by atoms with E-state index in [9.17, 15) is 4.79 Å². The molecule has 9 rings (SSSR count). The maximum Gasteiger partial charge on any atom is 0.261 e. The second kappa shape index (κ2) is 15.6. The van der Waals surface area contributed by atoms with Gasteiger partial charge in [-0.05, 0) is 117 Å². The van der Waals surface area contributed by atoms with Crippen molar-refractivity contribution < 1.29 is 19.4 Å². The third kappa shape index (κ3) is 7.30. The van der Waals surface area contributed by atoms with Crippen LogP contribution >= 0.6 is 0 Å². The Balaban J connectivity index is 0.000000177. The summed E-state index contributed by atoms with van der Waals surface area (Å²) in [6.07, 6.45) is 0.634. The molecule has 0 atom stereocenters. The number of methoxy groups -OCH3 is 2. The van der Waals surface area contributed by atoms with Crippen molar-refractivity contribution in [3.05, 3.63) is 180 Å². The number of ether oxygens (including phenoxy) is 2. The van der Waals surface area contributed by atoms with Gasteiger partial charge in [0.2, 0.25) is 0 Å². The van der Waals surface area contributed by atoms with Crippen LogP contribution in [-0.4, -0.2) is 25.2 Å². The van der Waals surface area contributed by atoms with E-state index in [0.717, 1.165) is 33.7 Å². The van der Waals surface area contributed by atoms with Crippen LogP contribution in [0.5, 0.6) is 17.2 Å². The van der Waals surface area contributed by atoms with Gasteiger partial charge in [0.15, 0.2) is 0 Å². The molecule has 0 spiro atoms. The van der Waals surface area contributed by atoms with E-state index in [1.54, 1.807) is 20.3 Å². The van der Waals surface area contributed by atoms with E-state index >= 15 is 0 Å². The lowest BCUT2D eigenvalue weighted by atomic mass is 9.90. The van der Waals surface area contributed by atoms with Gasteiger partial charge in [-0.25, -0.2) is 0 Å². The maximum atomic E-state index is 12.9. The highest BCUT2D eigenvalue weighted by Crippen LogP contribution is 2.42. The fraction of sp³-hybridized carbons (Fsp3) is 0.0816. The normalized spacial score (nSPS) is 11.3. The van der Waals surface area contributed by atoms with Gasteiger partial charge in [0, 0.05) is 35.2 Å². The first-order chi connectivity index (χ1) is 27.4. The summed E-state index contributed by atoms with van der Waals surface area (Å²) in [7, 11) is 3.26. The third-order valence-electron chi connectivity index (χ3n) is 10.0. The first-order valence-electron chi connectivity index (χ1n) is 18.4. The number of carbonyl (C=O) groups excluding carboxylic acids is 1. The van der Waals surface area contributed by atoms with Crippen molar-refractivity contribution in [2.75, 3.05) is 19.5 Å². The van der Waals surface area contributed by atoms with Crippen LogP contribution in [0.2, 0.25) is 0 Å². The van der Waals surface area contributed by atoms with E-state index in [1.807, 2.05) is 97.9 Å². The molecule has 0 unspecified atom stereocenters. The Morgan fingerprint density at radius 3 is 1.89 bits per heavy atom. The number of nitrogens with one attached hydrogen (secondary N) is 1. The molecule has 0 heterocycles. The van der Waals surface area contributed by atoms with Gasteiger partial charge in [0.05, 0.1) is 31.0 Å². The molecule has 0 bridgehead atoms. The average molecular weight is 735 g/mol. The molecule has 0 aliphatic rings. The molecule has 0 aromatic heterocycles. The number of aryl methyl sites for hydroxylation is 1. The number of carbonyl (C=O) groups is 1. The van der Waals surface area contributed by atoms with Crippen LogP contribution in [0.3, 0.4) is 0 Å². The highest BCUT2D eigenvalue weighted by atomic mass is 16.5. The third-order valence-corrected chi connectivity index (χ3v) is 10.0. The van der Waals surface area contributed by atoms with Crippen LogP contribution in [0.15, 0.2) is 168 Å². The van der Waals surface area contributed by atoms with E-state index in [1.165, 1.54) is 43.3 Å². The number of azo groups is 1. The lowest BCUT2D eigenvalue weighted by Crippen LogP contribution is -2.12. The fourth-order valence-electron chi connectivity index (χ4n) is 7.23. The summed E-state index contributed by atoms with van der Waals surface area (Å²) in [5.41, 5.74) is 5.97. The molecular weight excluding hydrogens is 695 g/mol. The minimum atomic E-state index is -0.178. The van der Waals surface area contributed by atoms with Gasteiger partial charge in [-0.3, -0.25) is 4.79 Å². The first kappa shape index (κ1) is 35.8. The fourth-order valence-corrected chi connectivity index (χ4v) is 7.23. The number of hydrogen-bond acceptors (Lipinski definition) is 5. The molecule has 0 radical (unpaired) electrons. The first-order valence-corrected chi connectivity index (χ1v) is 18.4. The van der Waals surface area contributed by atoms with Crippen LogP contribution < -0.4 is 14.8 Å². The van der Waals surface area contributed by atoms with Crippen molar-refractivity contribution in [3.8, 4) is 17.2 Å². The number of amides is 1. The average Bonchev–Trinajstić information content (AvgIpc) is 3.24. The van der Waals surface area contributed by atoms with Crippen molar-refractivity contribution in [1.82, 2.24) is 0 Å². The van der Waals surface area contributed by atoms with Gasteiger partial charge < -0.3 is 19.9 Å². The largest absolute Gasteiger partial charge is 0.593 e. The summed E-state index contributed by atoms with van der Waals surface area (Å²) >= 11 is 0. The quantitative estimate of drug-likeness (QED) is 0.0728. The zero-order valence-corrected chi connectivity index (χ0v) is 31.3. The number of benzene rings is 9. The Morgan fingerprint density at radius 1 is 0.607 bits per heavy atom. The summed E-state index contributed by atoms with van der Waals surface area (Å²) in [4.78, 5) is 12.9. The highest BCUT2D eigenvalue weighted by molar-refractivity contribution is 6.33. The summed E-state index contributed by atoms with van der Waals surface area (Å²) < 4.78 is 10.8. The van der Waals surface area contributed by atoms with Gasteiger partial charge in [-0.15, -0.1) is 0 Å². The second-order valence-electron chi connectivity index (χ2n) is 13.7. The number of rotatable bonds is 8. The standard InChI is InChI=1S/C29H27N3O3.C20H12O/c1-20-7-10-25(11-8-20)31-32-26-14-12-24(13-15-26)30-29(33)23-6-4-5-21(18-23)17-22-9-16-27(34-2)19-28(22)35-3;21-18-11-10-16-14-7-2-5-12-4-1-6-13(19(12)14)15-8-3-9-17(18)20(15)16/h4-16,18-19H,17H2,1-3H3,(H,30,33);1-11,21H/p+1. The molecule has 0 aliphatic carbocycles. The van der Waals surface area contributed by atoms with Crippen molar-refractivity contribution in [2.45, 2.75) is 13.3 Å². The number of fused-ring (bicyclic) bond motifs is 2. The highest BCUT2D eigenvalue weighted by Gasteiger charge is 2.15. The van der Waals surface area contributed by atoms with E-state index in [2.05, 4.69) is 76.2 Å². The summed E-state index contributed by atoms with van der Waals surface area (Å²) in [6, 6.07) is 51.7. The van der Waals surface area contributed by atoms with Crippen molar-refractivity contribution in [3.63, 3.8) is 0 Å². The molecule has 0 fully saturated rings. The van der Waals surface area contributed by atoms with Crippen molar-refractivity contribution >= 4 is 66.1 Å². The minimum absolute atomic E-state index is 0.178. The van der Waals surface area contributed by atoms with E-state index < -0.39 is 0 Å². The number of anilines is 1. The molecule has 7 nitrogen and oxygen atoms in total. The van der Waals surface area contributed by atoms with E-state index in [-0.39, 0.29) is 5.91 Å². The van der Waals surface area contributed by atoms with Crippen LogP contribution in [-0.2, 0) is 6.42 Å². The Hall–Kier alpha value is -7.25. The van der Waals surface area contributed by atoms with Crippen LogP contribution in [0.4, 0.5) is 17.1 Å². The predicted molar refractivity (Wildman–Crippen MR) is 229 cm³/mol. The summed E-state index contributed by atoms with van der Waals surface area (Å²) in [5, 5.41) is 29.6. The van der Waals surface area contributed by atoms with Crippen LogP contribution in [0, 0.1) is 6.92 Å². The molecular formula is C49H40N3O4+. The van der Waals surface area contributed by atoms with E-state index in [0.29, 0.717) is 29.1 Å². The lowest BCUT2D eigenvalue weighted by Gasteiger charge is -2.13. The zero-order chi connectivity index (χ0) is 38.6. The molecule has 56 heavy (non-hydrogen) atoms. The lowest BCUT2D eigenvalue weighted by molar-refractivity contribution is 0.102. The van der Waals surface area contributed by atoms with Crippen molar-refractivity contribution in [2.24, 2.45) is 10.2 Å². The molecule has 9 aromatic carbocycles. The molecule has 0 saturated heterocycles. The van der Waals surface area contributed by atoms with Gasteiger partial charge in [0.25, 0.3) is 11.7 Å². The van der Waals surface area contributed by atoms with Crippen LogP contribution in [0.1, 0.15) is 27.0 Å². The summed E-state index contributed by atoms with van der Waals surface area (Å²) in [6.45, 7) is 2.03. The van der Waals surface area contributed by atoms with E-state index in [4.69, 9.17) is 14.6 Å². The van der Waals surface area contributed by atoms with Gasteiger partial charge >= 0.3 is 0 Å². The zero-order valence-electron chi connectivity index (χ0n) is 31.3. The Kier molecular flexibility index (Phi) is 9.97. The predicted octanol–water partition coefficient (Wildman–Crippen LogP) is 12.4. The molecule has 274 valence electrons. The topological polar surface area (TPSA) is 95.2 Å². The second-order valence-corrected chi connectivity index (χ2v) is 13.7. The molecule has 9 aromatic rings. The smallest absolute Gasteiger partial charge is 0.261 e. The molecule has 1 amide bonds. The monoisotopic (exact) mass is 734 g/mol. The van der Waals surface area contributed by atoms with Gasteiger partial charge in [0.1, 0.15) is 11.5 Å². The molecule has 0 saturated carbocycles. The molecule has 3 N–H and O–H groups in total. The summed E-state index contributed by atoms with van der Waals surface area (Å²) in [5.74, 6) is 1.91.